The smallest absolute Gasteiger partial charge is 0.338 e. The van der Waals surface area contributed by atoms with Gasteiger partial charge in [0.25, 0.3) is 0 Å². The number of fused-ring (bicyclic) bond motifs is 1. The molecule has 0 spiro atoms. The van der Waals surface area contributed by atoms with E-state index in [-0.39, 0.29) is 11.9 Å². The maximum Gasteiger partial charge on any atom is 0.338 e. The lowest BCUT2D eigenvalue weighted by Gasteiger charge is -2.44. The van der Waals surface area contributed by atoms with Crippen LogP contribution < -0.4 is 4.74 Å². The van der Waals surface area contributed by atoms with Crippen molar-refractivity contribution in [3.63, 3.8) is 0 Å². The highest BCUT2D eigenvalue weighted by Crippen LogP contribution is 2.61. The number of carbonyl (C=O) groups excluding carboxylic acids is 2. The number of carbonyl (C=O) groups is 2. The van der Waals surface area contributed by atoms with Gasteiger partial charge in [0.15, 0.2) is 0 Å². The van der Waals surface area contributed by atoms with Gasteiger partial charge in [-0.2, -0.15) is 0 Å². The van der Waals surface area contributed by atoms with Gasteiger partial charge in [-0.1, -0.05) is 32.4 Å². The van der Waals surface area contributed by atoms with Gasteiger partial charge in [-0.3, -0.25) is 4.79 Å². The predicted octanol–water partition coefficient (Wildman–Crippen LogP) is 4.16. The van der Waals surface area contributed by atoms with Gasteiger partial charge < -0.3 is 19.3 Å². The Hall–Kier alpha value is -2.34. The van der Waals surface area contributed by atoms with Crippen molar-refractivity contribution in [2.45, 2.75) is 58.7 Å². The zero-order valence-corrected chi connectivity index (χ0v) is 19.3. The molecule has 2 aliphatic carbocycles. The summed E-state index contributed by atoms with van der Waals surface area (Å²) in [6, 6.07) is 6.76. The largest absolute Gasteiger partial charge is 0.497 e. The number of rotatable bonds is 5. The van der Waals surface area contributed by atoms with E-state index in [1.54, 1.807) is 31.4 Å². The molecule has 6 heteroatoms. The highest BCUT2D eigenvalue weighted by Gasteiger charge is 2.65. The first kappa shape index (κ1) is 23.3. The summed E-state index contributed by atoms with van der Waals surface area (Å²) in [6.07, 6.45) is 2.98. The molecule has 0 saturated heterocycles. The molecule has 0 amide bonds. The van der Waals surface area contributed by atoms with E-state index in [0.717, 1.165) is 5.57 Å². The third-order valence-corrected chi connectivity index (χ3v) is 7.43. The average molecular weight is 431 g/mol. The summed E-state index contributed by atoms with van der Waals surface area (Å²) in [7, 11) is 2.95. The normalized spacial score (nSPS) is 32.6. The number of aliphatic hydroxyl groups is 1. The van der Waals surface area contributed by atoms with Crippen molar-refractivity contribution < 1.29 is 28.9 Å². The van der Waals surface area contributed by atoms with E-state index < -0.39 is 34.9 Å². The maximum atomic E-state index is 13.0. The quantitative estimate of drug-likeness (QED) is 0.558. The van der Waals surface area contributed by atoms with E-state index in [1.807, 2.05) is 27.7 Å². The molecule has 1 fully saturated rings. The van der Waals surface area contributed by atoms with Crippen LogP contribution in [-0.2, 0) is 14.3 Å². The molecular formula is C25H34O6. The molecule has 0 aliphatic heterocycles. The molecule has 3 rings (SSSR count). The lowest BCUT2D eigenvalue weighted by atomic mass is 9.66. The van der Waals surface area contributed by atoms with Crippen LogP contribution in [0.2, 0.25) is 0 Å². The third-order valence-electron chi connectivity index (χ3n) is 7.43. The van der Waals surface area contributed by atoms with Crippen LogP contribution in [0.25, 0.3) is 0 Å². The summed E-state index contributed by atoms with van der Waals surface area (Å²) in [5, 5.41) is 11.8. The molecule has 31 heavy (non-hydrogen) atoms. The SMILES string of the molecule is COC(=O)C1C[C@@](O)(C(C)C)[C@@H]2[C@@H](OC(=O)c3ccc(OC)cc3)CC(C)=CC[C@@]12C. The zero-order chi connectivity index (χ0) is 23.0. The fraction of sp³-hybridized carbons (Fsp3) is 0.600. The molecule has 0 aromatic heterocycles. The Balaban J connectivity index is 2.00. The molecule has 170 valence electrons. The van der Waals surface area contributed by atoms with E-state index in [1.165, 1.54) is 7.11 Å². The molecule has 6 nitrogen and oxygen atoms in total. The maximum absolute atomic E-state index is 13.0. The Kier molecular flexibility index (Phi) is 6.51. The Bertz CT molecular complexity index is 857. The van der Waals surface area contributed by atoms with Gasteiger partial charge in [-0.25, -0.2) is 4.79 Å². The van der Waals surface area contributed by atoms with Gasteiger partial charge in [-0.05, 0) is 55.4 Å². The van der Waals surface area contributed by atoms with E-state index in [2.05, 4.69) is 6.08 Å². The highest BCUT2D eigenvalue weighted by molar-refractivity contribution is 5.89. The summed E-state index contributed by atoms with van der Waals surface area (Å²) in [5.74, 6) is -1.11. The van der Waals surface area contributed by atoms with Crippen LogP contribution >= 0.6 is 0 Å². The van der Waals surface area contributed by atoms with Crippen LogP contribution in [0.4, 0.5) is 0 Å². The predicted molar refractivity (Wildman–Crippen MR) is 117 cm³/mol. The number of methoxy groups -OCH3 is 2. The molecule has 0 heterocycles. The number of esters is 2. The number of ether oxygens (including phenoxy) is 3. The Morgan fingerprint density at radius 2 is 1.81 bits per heavy atom. The van der Waals surface area contributed by atoms with E-state index in [0.29, 0.717) is 30.6 Å². The highest BCUT2D eigenvalue weighted by atomic mass is 16.5. The lowest BCUT2D eigenvalue weighted by Crippen LogP contribution is -2.50. The summed E-state index contributed by atoms with van der Waals surface area (Å²) >= 11 is 0. The van der Waals surface area contributed by atoms with Crippen molar-refractivity contribution >= 4 is 11.9 Å². The fourth-order valence-corrected chi connectivity index (χ4v) is 5.54. The van der Waals surface area contributed by atoms with Gasteiger partial charge in [-0.15, -0.1) is 0 Å². The number of hydrogen-bond acceptors (Lipinski definition) is 6. The Morgan fingerprint density at radius 3 is 2.35 bits per heavy atom. The first-order valence-corrected chi connectivity index (χ1v) is 10.9. The second-order valence-corrected chi connectivity index (χ2v) is 9.54. The monoisotopic (exact) mass is 430 g/mol. The molecule has 0 bridgehead atoms. The standard InChI is InChI=1S/C25H34O6/c1-15(2)25(28)14-19(23(27)30-6)24(4)12-11-16(3)13-20(21(24)25)31-22(26)17-7-9-18(29-5)10-8-17/h7-11,15,19-21,28H,12-14H2,1-6H3/t19?,20-,21+,24-,25+/m0/s1. The molecule has 0 radical (unpaired) electrons. The summed E-state index contributed by atoms with van der Waals surface area (Å²) < 4.78 is 16.3. The molecule has 1 unspecified atom stereocenters. The molecular weight excluding hydrogens is 396 g/mol. The van der Waals surface area contributed by atoms with Crippen LogP contribution in [0.15, 0.2) is 35.9 Å². The topological polar surface area (TPSA) is 82.1 Å². The first-order chi connectivity index (χ1) is 14.6. The second-order valence-electron chi connectivity index (χ2n) is 9.54. The van der Waals surface area contributed by atoms with E-state index >= 15 is 0 Å². The van der Waals surface area contributed by atoms with Crippen molar-refractivity contribution in [3.8, 4) is 5.75 Å². The van der Waals surface area contributed by atoms with Gasteiger partial charge >= 0.3 is 11.9 Å². The van der Waals surface area contributed by atoms with Crippen LogP contribution in [0.5, 0.6) is 5.75 Å². The number of allylic oxidation sites excluding steroid dienone is 1. The summed E-state index contributed by atoms with van der Waals surface area (Å²) in [4.78, 5) is 25.7. The minimum Gasteiger partial charge on any atom is -0.497 e. The van der Waals surface area contributed by atoms with Crippen molar-refractivity contribution in [2.75, 3.05) is 14.2 Å². The fourth-order valence-electron chi connectivity index (χ4n) is 5.54. The van der Waals surface area contributed by atoms with Crippen molar-refractivity contribution in [2.24, 2.45) is 23.2 Å². The van der Waals surface area contributed by atoms with Gasteiger partial charge in [0.2, 0.25) is 0 Å². The Morgan fingerprint density at radius 1 is 1.16 bits per heavy atom. The minimum atomic E-state index is -1.16. The second kappa shape index (κ2) is 8.65. The van der Waals surface area contributed by atoms with Crippen LogP contribution in [0, 0.1) is 23.2 Å². The summed E-state index contributed by atoms with van der Waals surface area (Å²) in [6.45, 7) is 7.92. The van der Waals surface area contributed by atoms with Crippen molar-refractivity contribution in [3.05, 3.63) is 41.5 Å². The zero-order valence-electron chi connectivity index (χ0n) is 19.3. The lowest BCUT2D eigenvalue weighted by molar-refractivity contribution is -0.150. The first-order valence-electron chi connectivity index (χ1n) is 10.9. The average Bonchev–Trinajstić information content (AvgIpc) is 2.91. The number of hydrogen-bond donors (Lipinski definition) is 1. The third kappa shape index (κ3) is 4.10. The molecule has 1 N–H and O–H groups in total. The van der Waals surface area contributed by atoms with Crippen molar-refractivity contribution in [1.29, 1.82) is 0 Å². The molecule has 5 atom stereocenters. The van der Waals surface area contributed by atoms with Gasteiger partial charge in [0.1, 0.15) is 11.9 Å². The molecule has 1 saturated carbocycles. The van der Waals surface area contributed by atoms with E-state index in [9.17, 15) is 14.7 Å². The molecule has 2 aliphatic rings. The van der Waals surface area contributed by atoms with Crippen LogP contribution in [0.3, 0.4) is 0 Å². The van der Waals surface area contributed by atoms with Crippen LogP contribution in [-0.4, -0.2) is 43.0 Å². The van der Waals surface area contributed by atoms with Crippen LogP contribution in [0.1, 0.15) is 57.3 Å². The van der Waals surface area contributed by atoms with Crippen molar-refractivity contribution in [1.82, 2.24) is 0 Å². The minimum absolute atomic E-state index is 0.118. The number of benzene rings is 1. The van der Waals surface area contributed by atoms with E-state index in [4.69, 9.17) is 14.2 Å². The van der Waals surface area contributed by atoms with Gasteiger partial charge in [0.05, 0.1) is 31.3 Å². The Labute approximate surface area is 184 Å². The molecule has 1 aromatic carbocycles. The molecule has 1 aromatic rings. The summed E-state index contributed by atoms with van der Waals surface area (Å²) in [5.41, 5.74) is -0.243. The van der Waals surface area contributed by atoms with Gasteiger partial charge in [0, 0.05) is 12.3 Å².